The lowest BCUT2D eigenvalue weighted by Crippen LogP contribution is -2.53. The maximum Gasteiger partial charge on any atom is 0.212 e. The third-order valence-electron chi connectivity index (χ3n) is 6.67. The number of carbonyl (C=O) groups excluding carboxylic acids is 1. The third kappa shape index (κ3) is 5.54. The molecule has 38 heavy (non-hydrogen) atoms. The highest BCUT2D eigenvalue weighted by Gasteiger charge is 2.29. The van der Waals surface area contributed by atoms with Crippen molar-refractivity contribution in [3.63, 3.8) is 0 Å². The molecule has 1 atom stereocenters. The molecule has 0 radical (unpaired) electrons. The molecule has 1 N–H and O–H groups in total. The molecule has 1 aromatic heterocycles. The van der Waals surface area contributed by atoms with E-state index in [4.69, 9.17) is 16.6 Å². The molecule has 2 heterocycles. The van der Waals surface area contributed by atoms with Crippen LogP contribution in [0.4, 0.5) is 15.9 Å². The van der Waals surface area contributed by atoms with Gasteiger partial charge < -0.3 is 15.1 Å². The van der Waals surface area contributed by atoms with Gasteiger partial charge in [-0.15, -0.1) is 0 Å². The van der Waals surface area contributed by atoms with E-state index >= 15 is 0 Å². The van der Waals surface area contributed by atoms with Crippen LogP contribution in [0.1, 0.15) is 43.4 Å². The Morgan fingerprint density at radius 2 is 2.03 bits per heavy atom. The highest BCUT2D eigenvalue weighted by atomic mass is 35.5. The van der Waals surface area contributed by atoms with E-state index in [0.29, 0.717) is 35.6 Å². The first kappa shape index (κ1) is 27.2. The number of nitriles is 1. The lowest BCUT2D eigenvalue weighted by molar-refractivity contribution is -0.105. The smallest absolute Gasteiger partial charge is 0.212 e. The number of hydrogen-bond acceptors (Lipinski definition) is 5. The van der Waals surface area contributed by atoms with Gasteiger partial charge in [-0.3, -0.25) is 4.79 Å². The summed E-state index contributed by atoms with van der Waals surface area (Å²) in [5.74, 6) is 0.380. The number of amidine groups is 1. The van der Waals surface area contributed by atoms with Gasteiger partial charge in [0.05, 0.1) is 27.5 Å². The lowest BCUT2D eigenvalue weighted by Gasteiger charge is -2.40. The summed E-state index contributed by atoms with van der Waals surface area (Å²) in [6, 6.07) is 15.8. The van der Waals surface area contributed by atoms with Crippen molar-refractivity contribution in [3.8, 4) is 17.3 Å². The van der Waals surface area contributed by atoms with Crippen molar-refractivity contribution in [2.45, 2.75) is 32.7 Å². The van der Waals surface area contributed by atoms with Crippen molar-refractivity contribution in [2.24, 2.45) is 4.99 Å². The van der Waals surface area contributed by atoms with Crippen LogP contribution < -0.4 is 5.32 Å². The van der Waals surface area contributed by atoms with Crippen LogP contribution in [0.2, 0.25) is 5.02 Å². The Balaban J connectivity index is 2.00. The average molecular weight is 533 g/mol. The van der Waals surface area contributed by atoms with Gasteiger partial charge in [0, 0.05) is 31.2 Å². The Labute approximate surface area is 227 Å². The minimum atomic E-state index is -0.474. The number of likely N-dealkylation sites (N-methyl/N-ethyl adjacent to an activating group) is 1. The average Bonchev–Trinajstić information content (AvgIpc) is 2.89. The van der Waals surface area contributed by atoms with Crippen LogP contribution in [0.25, 0.3) is 11.3 Å². The topological polar surface area (TPSA) is 84.6 Å². The van der Waals surface area contributed by atoms with Crippen LogP contribution in [0.3, 0.4) is 0 Å². The molecular formula is C29H30ClFN6O. The van der Waals surface area contributed by atoms with Crippen molar-refractivity contribution in [1.29, 1.82) is 5.26 Å². The first-order valence-electron chi connectivity index (χ1n) is 12.5. The molecule has 4 rings (SSSR count). The standard InChI is InChI=1S/C29H30ClFN6O/c1-18(2)21-10-7-8-20(15-32)26(21)35-29(37-13-12-36(4)16-19(37)3)23-14-24(30)27(34-28(23)33-17-38)22-9-5-6-11-25(22)31/h5-11,14,17-19H,12-13,16H2,1-4H3,(H,33,34,38). The third-order valence-corrected chi connectivity index (χ3v) is 6.96. The Bertz CT molecular complexity index is 1420. The summed E-state index contributed by atoms with van der Waals surface area (Å²) in [5, 5.41) is 12.8. The van der Waals surface area contributed by atoms with E-state index in [1.807, 2.05) is 12.1 Å². The molecule has 9 heteroatoms. The van der Waals surface area contributed by atoms with Crippen molar-refractivity contribution >= 4 is 35.4 Å². The molecule has 0 aliphatic carbocycles. The fourth-order valence-corrected chi connectivity index (χ4v) is 5.00. The van der Waals surface area contributed by atoms with E-state index in [9.17, 15) is 14.4 Å². The molecule has 0 spiro atoms. The summed E-state index contributed by atoms with van der Waals surface area (Å²) in [4.78, 5) is 25.7. The van der Waals surface area contributed by atoms with Gasteiger partial charge in [-0.25, -0.2) is 14.4 Å². The second-order valence-electron chi connectivity index (χ2n) is 9.71. The number of carbonyl (C=O) groups is 1. The zero-order valence-corrected chi connectivity index (χ0v) is 22.6. The number of halogens is 2. The van der Waals surface area contributed by atoms with Gasteiger partial charge in [0.2, 0.25) is 6.41 Å². The number of hydrogen-bond donors (Lipinski definition) is 1. The van der Waals surface area contributed by atoms with E-state index in [2.05, 4.69) is 54.0 Å². The molecule has 1 fully saturated rings. The van der Waals surface area contributed by atoms with Gasteiger partial charge in [-0.1, -0.05) is 49.7 Å². The summed E-state index contributed by atoms with van der Waals surface area (Å²) < 4.78 is 14.6. The second kappa shape index (κ2) is 11.7. The highest BCUT2D eigenvalue weighted by molar-refractivity contribution is 6.33. The summed E-state index contributed by atoms with van der Waals surface area (Å²) in [7, 11) is 2.06. The van der Waals surface area contributed by atoms with Crippen LogP contribution >= 0.6 is 11.6 Å². The van der Waals surface area contributed by atoms with E-state index in [-0.39, 0.29) is 34.1 Å². The summed E-state index contributed by atoms with van der Waals surface area (Å²) in [6.45, 7) is 8.45. The Morgan fingerprint density at radius 3 is 2.68 bits per heavy atom. The number of piperazine rings is 1. The van der Waals surface area contributed by atoms with Crippen LogP contribution in [0.15, 0.2) is 53.5 Å². The Morgan fingerprint density at radius 1 is 1.26 bits per heavy atom. The molecule has 1 aliphatic heterocycles. The summed E-state index contributed by atoms with van der Waals surface area (Å²) in [5.41, 5.74) is 2.86. The number of pyridine rings is 1. The maximum absolute atomic E-state index is 14.6. The SMILES string of the molecule is CC(C)c1cccc(C#N)c1N=C(c1cc(Cl)c(-c2ccccc2F)nc1NC=O)N1CCN(C)CC1C. The first-order chi connectivity index (χ1) is 18.2. The predicted molar refractivity (Wildman–Crippen MR) is 149 cm³/mol. The van der Waals surface area contributed by atoms with E-state index in [1.165, 1.54) is 6.07 Å². The number of rotatable bonds is 6. The molecule has 1 aliphatic rings. The number of nitrogens with zero attached hydrogens (tertiary/aromatic N) is 5. The summed E-state index contributed by atoms with van der Waals surface area (Å²) >= 11 is 6.71. The van der Waals surface area contributed by atoms with Gasteiger partial charge in [-0.05, 0) is 49.7 Å². The highest BCUT2D eigenvalue weighted by Crippen LogP contribution is 2.35. The number of nitrogens with one attached hydrogen (secondary N) is 1. The molecule has 1 amide bonds. The molecule has 1 unspecified atom stereocenters. The maximum atomic E-state index is 14.6. The summed E-state index contributed by atoms with van der Waals surface area (Å²) in [6.07, 6.45) is 0.526. The lowest BCUT2D eigenvalue weighted by atomic mass is 9.98. The minimum Gasteiger partial charge on any atom is -0.351 e. The second-order valence-corrected chi connectivity index (χ2v) is 10.1. The number of aromatic nitrogens is 1. The molecule has 3 aromatic rings. The van der Waals surface area contributed by atoms with Gasteiger partial charge in [0.15, 0.2) is 0 Å². The van der Waals surface area contributed by atoms with Crippen LogP contribution in [0.5, 0.6) is 0 Å². The van der Waals surface area contributed by atoms with Crippen molar-refractivity contribution in [1.82, 2.24) is 14.8 Å². The fourth-order valence-electron chi connectivity index (χ4n) is 4.75. The van der Waals surface area contributed by atoms with Gasteiger partial charge in [0.25, 0.3) is 0 Å². The monoisotopic (exact) mass is 532 g/mol. The van der Waals surface area contributed by atoms with Crippen molar-refractivity contribution in [3.05, 3.63) is 76.1 Å². The fraction of sp³-hybridized carbons (Fsp3) is 0.310. The van der Waals surface area contributed by atoms with Crippen LogP contribution in [0, 0.1) is 17.1 Å². The van der Waals surface area contributed by atoms with Gasteiger partial charge in [-0.2, -0.15) is 5.26 Å². The zero-order chi connectivity index (χ0) is 27.4. The first-order valence-corrected chi connectivity index (χ1v) is 12.9. The van der Waals surface area contributed by atoms with Crippen LogP contribution in [-0.4, -0.2) is 59.8 Å². The van der Waals surface area contributed by atoms with Crippen LogP contribution in [-0.2, 0) is 4.79 Å². The Hall–Kier alpha value is -3.80. The number of benzene rings is 2. The number of amides is 1. The molecule has 7 nitrogen and oxygen atoms in total. The van der Waals surface area contributed by atoms with E-state index in [1.54, 1.807) is 30.3 Å². The van der Waals surface area contributed by atoms with Gasteiger partial charge >= 0.3 is 0 Å². The normalized spacial score (nSPS) is 16.4. The molecule has 1 saturated heterocycles. The number of aliphatic imine (C=N–C) groups is 1. The van der Waals surface area contributed by atoms with Gasteiger partial charge in [0.1, 0.15) is 23.5 Å². The van der Waals surface area contributed by atoms with Crippen molar-refractivity contribution in [2.75, 3.05) is 32.0 Å². The minimum absolute atomic E-state index is 0.0679. The number of para-hydroxylation sites is 1. The van der Waals surface area contributed by atoms with Crippen molar-refractivity contribution < 1.29 is 9.18 Å². The number of anilines is 1. The molecule has 0 saturated carbocycles. The predicted octanol–water partition coefficient (Wildman–Crippen LogP) is 5.82. The molecular weight excluding hydrogens is 503 g/mol. The quantitative estimate of drug-likeness (QED) is 0.246. The molecule has 2 aromatic carbocycles. The molecule has 196 valence electrons. The molecule has 0 bridgehead atoms. The zero-order valence-electron chi connectivity index (χ0n) is 21.9. The Kier molecular flexibility index (Phi) is 8.40. The van der Waals surface area contributed by atoms with E-state index in [0.717, 1.165) is 18.7 Å². The largest absolute Gasteiger partial charge is 0.351 e. The van der Waals surface area contributed by atoms with E-state index < -0.39 is 5.82 Å².